The van der Waals surface area contributed by atoms with Gasteiger partial charge in [-0.1, -0.05) is 24.3 Å². The van der Waals surface area contributed by atoms with Crippen molar-refractivity contribution in [3.63, 3.8) is 0 Å². The molecular formula is C8H12N2. The van der Waals surface area contributed by atoms with Gasteiger partial charge in [-0.2, -0.15) is 0 Å². The summed E-state index contributed by atoms with van der Waals surface area (Å²) in [6, 6.07) is 0. The molecule has 0 spiro atoms. The number of hydrazine groups is 1. The first-order valence-corrected chi connectivity index (χ1v) is 3.76. The van der Waals surface area contributed by atoms with Crippen molar-refractivity contribution in [3.8, 4) is 0 Å². The van der Waals surface area contributed by atoms with Crippen LogP contribution < -0.4 is 0 Å². The van der Waals surface area contributed by atoms with Gasteiger partial charge in [-0.3, -0.25) is 0 Å². The van der Waals surface area contributed by atoms with Gasteiger partial charge in [0.25, 0.3) is 0 Å². The van der Waals surface area contributed by atoms with Gasteiger partial charge in [-0.15, -0.1) is 0 Å². The molecule has 2 heteroatoms. The standard InChI is InChI=1S/C8H12N2/c1-2-6-9(5-1)10-7-3-4-8-10/h1-4H,5-8H2. The van der Waals surface area contributed by atoms with Crippen LogP contribution >= 0.6 is 0 Å². The molecule has 0 N–H and O–H groups in total. The maximum atomic E-state index is 2.36. The summed E-state index contributed by atoms with van der Waals surface area (Å²) in [4.78, 5) is 0. The Morgan fingerprint density at radius 3 is 1.20 bits per heavy atom. The summed E-state index contributed by atoms with van der Waals surface area (Å²) in [6.45, 7) is 4.40. The molecule has 0 amide bonds. The van der Waals surface area contributed by atoms with Crippen LogP contribution in [0.1, 0.15) is 0 Å². The highest BCUT2D eigenvalue weighted by atomic mass is 15.6. The third-order valence-electron chi connectivity index (χ3n) is 2.00. The van der Waals surface area contributed by atoms with Crippen LogP contribution in [0.4, 0.5) is 0 Å². The lowest BCUT2D eigenvalue weighted by molar-refractivity contribution is 0.0340. The molecule has 0 bridgehead atoms. The lowest BCUT2D eigenvalue weighted by atomic mass is 10.6. The van der Waals surface area contributed by atoms with E-state index in [1.165, 1.54) is 0 Å². The minimum atomic E-state index is 1.10. The van der Waals surface area contributed by atoms with Gasteiger partial charge in [-0.05, 0) is 0 Å². The van der Waals surface area contributed by atoms with Crippen LogP contribution in [-0.4, -0.2) is 36.2 Å². The summed E-state index contributed by atoms with van der Waals surface area (Å²) >= 11 is 0. The zero-order chi connectivity index (χ0) is 6.81. The average Bonchev–Trinajstić information content (AvgIpc) is 2.59. The van der Waals surface area contributed by atoms with E-state index in [9.17, 15) is 0 Å². The predicted molar refractivity (Wildman–Crippen MR) is 41.4 cm³/mol. The Labute approximate surface area is 61.4 Å². The highest BCUT2D eigenvalue weighted by molar-refractivity contribution is 4.99. The van der Waals surface area contributed by atoms with Crippen molar-refractivity contribution in [2.24, 2.45) is 0 Å². The van der Waals surface area contributed by atoms with Gasteiger partial charge < -0.3 is 0 Å². The maximum absolute atomic E-state index is 2.36. The van der Waals surface area contributed by atoms with Crippen LogP contribution in [0.25, 0.3) is 0 Å². The molecule has 0 saturated heterocycles. The Balaban J connectivity index is 1.89. The molecule has 54 valence electrons. The van der Waals surface area contributed by atoms with Crippen LogP contribution in [0.15, 0.2) is 24.3 Å². The molecule has 0 aliphatic carbocycles. The van der Waals surface area contributed by atoms with Gasteiger partial charge >= 0.3 is 0 Å². The highest BCUT2D eigenvalue weighted by Gasteiger charge is 2.15. The lowest BCUT2D eigenvalue weighted by Crippen LogP contribution is -2.38. The van der Waals surface area contributed by atoms with Crippen LogP contribution in [0.2, 0.25) is 0 Å². The smallest absolute Gasteiger partial charge is 0.0318 e. The zero-order valence-corrected chi connectivity index (χ0v) is 6.03. The minimum absolute atomic E-state index is 1.10. The first kappa shape index (κ1) is 6.13. The van der Waals surface area contributed by atoms with Crippen molar-refractivity contribution >= 4 is 0 Å². The van der Waals surface area contributed by atoms with E-state index < -0.39 is 0 Å². The molecule has 0 aromatic rings. The molecule has 2 aliphatic heterocycles. The predicted octanol–water partition coefficient (Wildman–Crippen LogP) is 0.645. The second kappa shape index (κ2) is 2.56. The van der Waals surface area contributed by atoms with Crippen LogP contribution in [0.5, 0.6) is 0 Å². The Kier molecular flexibility index (Phi) is 1.57. The van der Waals surface area contributed by atoms with E-state index in [1.807, 2.05) is 0 Å². The molecule has 0 fully saturated rings. The Hall–Kier alpha value is -0.600. The minimum Gasteiger partial charge on any atom is -0.234 e. The number of hydrogen-bond acceptors (Lipinski definition) is 2. The summed E-state index contributed by atoms with van der Waals surface area (Å²) < 4.78 is 0. The van der Waals surface area contributed by atoms with Crippen molar-refractivity contribution < 1.29 is 0 Å². The summed E-state index contributed by atoms with van der Waals surface area (Å²) in [5.74, 6) is 0. The van der Waals surface area contributed by atoms with Crippen molar-refractivity contribution in [2.45, 2.75) is 0 Å². The van der Waals surface area contributed by atoms with Crippen LogP contribution in [0.3, 0.4) is 0 Å². The summed E-state index contributed by atoms with van der Waals surface area (Å²) in [5, 5.41) is 4.72. The number of rotatable bonds is 1. The van der Waals surface area contributed by atoms with Gasteiger partial charge in [0.2, 0.25) is 0 Å². The van der Waals surface area contributed by atoms with E-state index in [-0.39, 0.29) is 0 Å². The van der Waals surface area contributed by atoms with Crippen molar-refractivity contribution in [2.75, 3.05) is 26.2 Å². The van der Waals surface area contributed by atoms with Gasteiger partial charge in [0, 0.05) is 26.2 Å². The molecule has 0 saturated carbocycles. The summed E-state index contributed by atoms with van der Waals surface area (Å²) in [5.41, 5.74) is 0. The summed E-state index contributed by atoms with van der Waals surface area (Å²) in [6.07, 6.45) is 8.88. The second-order valence-electron chi connectivity index (χ2n) is 2.69. The Morgan fingerprint density at radius 2 is 0.900 bits per heavy atom. The fraction of sp³-hybridized carbons (Fsp3) is 0.500. The molecule has 0 atom stereocenters. The molecule has 0 aromatic carbocycles. The molecule has 0 aromatic heterocycles. The lowest BCUT2D eigenvalue weighted by Gasteiger charge is -2.26. The molecule has 2 aliphatic rings. The van der Waals surface area contributed by atoms with Gasteiger partial charge in [-0.25, -0.2) is 10.0 Å². The van der Waals surface area contributed by atoms with E-state index in [0.29, 0.717) is 0 Å². The monoisotopic (exact) mass is 136 g/mol. The Bertz CT molecular complexity index is 136. The molecule has 0 radical (unpaired) electrons. The number of nitrogens with zero attached hydrogens (tertiary/aromatic N) is 2. The first-order chi connectivity index (χ1) is 4.97. The van der Waals surface area contributed by atoms with E-state index in [2.05, 4.69) is 34.3 Å². The van der Waals surface area contributed by atoms with E-state index in [0.717, 1.165) is 26.2 Å². The van der Waals surface area contributed by atoms with Gasteiger partial charge in [0.05, 0.1) is 0 Å². The number of hydrogen-bond donors (Lipinski definition) is 0. The van der Waals surface area contributed by atoms with Crippen molar-refractivity contribution in [1.29, 1.82) is 0 Å². The molecular weight excluding hydrogens is 124 g/mol. The highest BCUT2D eigenvalue weighted by Crippen LogP contribution is 2.07. The molecule has 0 unspecified atom stereocenters. The maximum Gasteiger partial charge on any atom is 0.0318 e. The van der Waals surface area contributed by atoms with Crippen LogP contribution in [-0.2, 0) is 0 Å². The quantitative estimate of drug-likeness (QED) is 0.488. The summed E-state index contributed by atoms with van der Waals surface area (Å²) in [7, 11) is 0. The SMILES string of the molecule is C1=CCN(N2CC=CC2)C1. The average molecular weight is 136 g/mol. The third kappa shape index (κ3) is 1.00. The zero-order valence-electron chi connectivity index (χ0n) is 6.03. The normalized spacial score (nSPS) is 26.8. The largest absolute Gasteiger partial charge is 0.234 e. The Morgan fingerprint density at radius 1 is 0.600 bits per heavy atom. The fourth-order valence-electron chi connectivity index (χ4n) is 1.40. The van der Waals surface area contributed by atoms with E-state index >= 15 is 0 Å². The van der Waals surface area contributed by atoms with E-state index in [4.69, 9.17) is 0 Å². The van der Waals surface area contributed by atoms with E-state index in [1.54, 1.807) is 0 Å². The van der Waals surface area contributed by atoms with Gasteiger partial charge in [0.15, 0.2) is 0 Å². The third-order valence-corrected chi connectivity index (χ3v) is 2.00. The van der Waals surface area contributed by atoms with Crippen molar-refractivity contribution in [3.05, 3.63) is 24.3 Å². The van der Waals surface area contributed by atoms with Gasteiger partial charge in [0.1, 0.15) is 0 Å². The molecule has 2 rings (SSSR count). The fourth-order valence-corrected chi connectivity index (χ4v) is 1.40. The topological polar surface area (TPSA) is 6.48 Å². The van der Waals surface area contributed by atoms with Crippen molar-refractivity contribution in [1.82, 2.24) is 10.0 Å². The second-order valence-corrected chi connectivity index (χ2v) is 2.69. The van der Waals surface area contributed by atoms with Crippen LogP contribution in [0, 0.1) is 0 Å². The first-order valence-electron chi connectivity index (χ1n) is 3.76. The molecule has 2 heterocycles. The molecule has 2 nitrogen and oxygen atoms in total. The molecule has 10 heavy (non-hydrogen) atoms.